The van der Waals surface area contributed by atoms with Gasteiger partial charge in [-0.25, -0.2) is 4.98 Å². The van der Waals surface area contributed by atoms with Gasteiger partial charge < -0.3 is 15.1 Å². The summed E-state index contributed by atoms with van der Waals surface area (Å²) in [7, 11) is 0. The van der Waals surface area contributed by atoms with Crippen molar-refractivity contribution in [1.29, 1.82) is 0 Å². The SMILES string of the molecule is CCCc1nc2ccc(N3CCN4CCC3CC4)cc2c(=O)n1CC(=O)NC(C)C. The normalized spacial score (nSPS) is 21.3. The van der Waals surface area contributed by atoms with Gasteiger partial charge in [0.15, 0.2) is 0 Å². The molecule has 7 nitrogen and oxygen atoms in total. The molecule has 7 heteroatoms. The Morgan fingerprint density at radius 2 is 1.97 bits per heavy atom. The Balaban J connectivity index is 1.73. The Morgan fingerprint density at radius 3 is 2.67 bits per heavy atom. The second kappa shape index (κ2) is 8.76. The highest BCUT2D eigenvalue weighted by Crippen LogP contribution is 2.28. The van der Waals surface area contributed by atoms with E-state index >= 15 is 0 Å². The van der Waals surface area contributed by atoms with Gasteiger partial charge in [-0.3, -0.25) is 14.2 Å². The van der Waals surface area contributed by atoms with Gasteiger partial charge in [0.25, 0.3) is 5.56 Å². The molecule has 3 saturated heterocycles. The van der Waals surface area contributed by atoms with E-state index in [2.05, 4.69) is 28.1 Å². The highest BCUT2D eigenvalue weighted by atomic mass is 16.2. The number of anilines is 1. The number of rotatable bonds is 6. The zero-order valence-corrected chi connectivity index (χ0v) is 18.4. The van der Waals surface area contributed by atoms with Crippen LogP contribution in [-0.4, -0.2) is 58.6 Å². The molecule has 1 N–H and O–H groups in total. The van der Waals surface area contributed by atoms with Gasteiger partial charge in [0.05, 0.1) is 10.9 Å². The molecule has 0 spiro atoms. The lowest BCUT2D eigenvalue weighted by molar-refractivity contribution is -0.122. The number of carbonyl (C=O) groups is 1. The van der Waals surface area contributed by atoms with Crippen molar-refractivity contribution >= 4 is 22.5 Å². The van der Waals surface area contributed by atoms with Gasteiger partial charge in [0.1, 0.15) is 12.4 Å². The molecule has 0 radical (unpaired) electrons. The van der Waals surface area contributed by atoms with Gasteiger partial charge in [-0.2, -0.15) is 0 Å². The molecule has 0 aliphatic carbocycles. The third-order valence-corrected chi connectivity index (χ3v) is 6.23. The Hall–Kier alpha value is -2.41. The van der Waals surface area contributed by atoms with Crippen LogP contribution in [0.15, 0.2) is 23.0 Å². The number of piperidine rings is 1. The van der Waals surface area contributed by atoms with E-state index in [0.717, 1.165) is 43.8 Å². The van der Waals surface area contributed by atoms with Crippen molar-refractivity contribution in [1.82, 2.24) is 19.8 Å². The molecule has 162 valence electrons. The first-order chi connectivity index (χ1) is 14.5. The summed E-state index contributed by atoms with van der Waals surface area (Å²) < 4.78 is 1.56. The number of fused-ring (bicyclic) bond motifs is 5. The molecule has 4 heterocycles. The van der Waals surface area contributed by atoms with Crippen LogP contribution >= 0.6 is 0 Å². The topological polar surface area (TPSA) is 70.5 Å². The van der Waals surface area contributed by atoms with Gasteiger partial charge in [0.2, 0.25) is 5.91 Å². The third-order valence-electron chi connectivity index (χ3n) is 6.23. The summed E-state index contributed by atoms with van der Waals surface area (Å²) in [5.74, 6) is 0.531. The standard InChI is InChI=1S/C23H33N5O2/c1-4-5-21-25-20-7-6-18(27-13-12-26-10-8-17(27)9-11-26)14-19(20)23(30)28(21)15-22(29)24-16(2)3/h6-7,14,16-17H,4-5,8-13,15H2,1-3H3,(H,24,29). The Morgan fingerprint density at radius 1 is 1.20 bits per heavy atom. The highest BCUT2D eigenvalue weighted by molar-refractivity contribution is 5.83. The van der Waals surface area contributed by atoms with Gasteiger partial charge >= 0.3 is 0 Å². The molecule has 2 bridgehead atoms. The van der Waals surface area contributed by atoms with Crippen LogP contribution in [0, 0.1) is 0 Å². The highest BCUT2D eigenvalue weighted by Gasteiger charge is 2.29. The first-order valence-electron chi connectivity index (χ1n) is 11.3. The molecule has 1 aromatic carbocycles. The Kier molecular flexibility index (Phi) is 6.09. The number of benzene rings is 1. The lowest BCUT2D eigenvalue weighted by Crippen LogP contribution is -2.38. The van der Waals surface area contributed by atoms with Crippen LogP contribution in [0.3, 0.4) is 0 Å². The minimum absolute atomic E-state index is 0.0147. The predicted octanol–water partition coefficient (Wildman–Crippen LogP) is 2.16. The maximum Gasteiger partial charge on any atom is 0.261 e. The lowest BCUT2D eigenvalue weighted by Gasteiger charge is -2.33. The number of carbonyl (C=O) groups excluding carboxylic acids is 1. The molecule has 0 unspecified atom stereocenters. The number of hydrogen-bond acceptors (Lipinski definition) is 5. The first-order valence-corrected chi connectivity index (χ1v) is 11.3. The van der Waals surface area contributed by atoms with Crippen LogP contribution < -0.4 is 15.8 Å². The molecule has 0 atom stereocenters. The number of aryl methyl sites for hydroxylation is 1. The largest absolute Gasteiger partial charge is 0.367 e. The molecular formula is C23H33N5O2. The fraction of sp³-hybridized carbons (Fsp3) is 0.609. The fourth-order valence-electron chi connectivity index (χ4n) is 4.75. The van der Waals surface area contributed by atoms with Crippen molar-refractivity contribution in [3.8, 4) is 0 Å². The molecule has 3 aliphatic heterocycles. The second-order valence-electron chi connectivity index (χ2n) is 8.86. The van der Waals surface area contributed by atoms with E-state index in [9.17, 15) is 9.59 Å². The number of nitrogens with one attached hydrogen (secondary N) is 1. The molecular weight excluding hydrogens is 378 g/mol. The van der Waals surface area contributed by atoms with Crippen LogP contribution in [0.1, 0.15) is 45.9 Å². The van der Waals surface area contributed by atoms with Gasteiger partial charge in [-0.05, 0) is 51.3 Å². The van der Waals surface area contributed by atoms with Crippen molar-refractivity contribution < 1.29 is 4.79 Å². The zero-order chi connectivity index (χ0) is 21.3. The summed E-state index contributed by atoms with van der Waals surface area (Å²) >= 11 is 0. The van der Waals surface area contributed by atoms with Crippen molar-refractivity contribution in [3.05, 3.63) is 34.4 Å². The number of nitrogens with zero attached hydrogens (tertiary/aromatic N) is 4. The average Bonchev–Trinajstić information content (AvgIpc) is 3.04. The third kappa shape index (κ3) is 4.21. The van der Waals surface area contributed by atoms with Crippen molar-refractivity contribution in [2.75, 3.05) is 31.1 Å². The predicted molar refractivity (Wildman–Crippen MR) is 120 cm³/mol. The van der Waals surface area contributed by atoms with Crippen LogP contribution in [0.25, 0.3) is 10.9 Å². The van der Waals surface area contributed by atoms with E-state index in [1.807, 2.05) is 26.0 Å². The summed E-state index contributed by atoms with van der Waals surface area (Å²) in [5, 5.41) is 3.49. The maximum absolute atomic E-state index is 13.4. The van der Waals surface area contributed by atoms with Crippen LogP contribution in [0.4, 0.5) is 5.69 Å². The molecule has 1 amide bonds. The summed E-state index contributed by atoms with van der Waals surface area (Å²) in [4.78, 5) is 35.6. The van der Waals surface area contributed by atoms with Crippen molar-refractivity contribution in [2.24, 2.45) is 0 Å². The number of amides is 1. The van der Waals surface area contributed by atoms with E-state index in [1.165, 1.54) is 12.8 Å². The van der Waals surface area contributed by atoms with E-state index in [1.54, 1.807) is 4.57 Å². The molecule has 30 heavy (non-hydrogen) atoms. The van der Waals surface area contributed by atoms with Gasteiger partial charge in [0, 0.05) is 50.4 Å². The molecule has 0 saturated carbocycles. The summed E-state index contributed by atoms with van der Waals surface area (Å²) in [6.07, 6.45) is 3.89. The molecule has 3 aliphatic rings. The van der Waals surface area contributed by atoms with Gasteiger partial charge in [-0.1, -0.05) is 6.92 Å². The van der Waals surface area contributed by atoms with Crippen molar-refractivity contribution in [2.45, 2.75) is 65.1 Å². The minimum Gasteiger partial charge on any atom is -0.367 e. The van der Waals surface area contributed by atoms with E-state index in [4.69, 9.17) is 4.98 Å². The van der Waals surface area contributed by atoms with E-state index < -0.39 is 0 Å². The Labute approximate surface area is 178 Å². The maximum atomic E-state index is 13.4. The van der Waals surface area contributed by atoms with Crippen LogP contribution in [0.5, 0.6) is 0 Å². The quantitative estimate of drug-likeness (QED) is 0.789. The summed E-state index contributed by atoms with van der Waals surface area (Å²) in [5.41, 5.74) is 1.69. The monoisotopic (exact) mass is 411 g/mol. The van der Waals surface area contributed by atoms with E-state index in [0.29, 0.717) is 23.7 Å². The zero-order valence-electron chi connectivity index (χ0n) is 18.4. The van der Waals surface area contributed by atoms with Gasteiger partial charge in [-0.15, -0.1) is 0 Å². The fourth-order valence-corrected chi connectivity index (χ4v) is 4.75. The van der Waals surface area contributed by atoms with E-state index in [-0.39, 0.29) is 24.1 Å². The molecule has 3 fully saturated rings. The first kappa shape index (κ1) is 20.8. The van der Waals surface area contributed by atoms with Crippen LogP contribution in [-0.2, 0) is 17.8 Å². The molecule has 2 aromatic rings. The second-order valence-corrected chi connectivity index (χ2v) is 8.86. The molecule has 1 aromatic heterocycles. The number of hydrogen-bond donors (Lipinski definition) is 1. The molecule has 5 rings (SSSR count). The van der Waals surface area contributed by atoms with Crippen molar-refractivity contribution in [3.63, 3.8) is 0 Å². The van der Waals surface area contributed by atoms with Crippen LogP contribution in [0.2, 0.25) is 0 Å². The Bertz CT molecular complexity index is 975. The average molecular weight is 412 g/mol. The summed E-state index contributed by atoms with van der Waals surface area (Å²) in [6, 6.07) is 6.64. The smallest absolute Gasteiger partial charge is 0.261 e. The number of aromatic nitrogens is 2. The minimum atomic E-state index is -0.152. The lowest BCUT2D eigenvalue weighted by atomic mass is 10.0. The summed E-state index contributed by atoms with van der Waals surface area (Å²) in [6.45, 7) is 10.3.